The third kappa shape index (κ3) is 8.75. The van der Waals surface area contributed by atoms with Gasteiger partial charge in [-0.2, -0.15) is 0 Å². The van der Waals surface area contributed by atoms with Gasteiger partial charge in [-0.1, -0.05) is 76.6 Å². The molecule has 5 rings (SSSR count). The van der Waals surface area contributed by atoms with Crippen molar-refractivity contribution in [3.05, 3.63) is 71.9 Å². The lowest BCUT2D eigenvalue weighted by atomic mass is 9.97. The predicted molar refractivity (Wildman–Crippen MR) is 179 cm³/mol. The van der Waals surface area contributed by atoms with E-state index in [4.69, 9.17) is 4.74 Å². The minimum atomic E-state index is -1.01. The third-order valence-electron chi connectivity index (χ3n) is 8.87. The minimum Gasteiger partial charge on any atom is -0.488 e. The average molecular weight is 632 g/mol. The van der Waals surface area contributed by atoms with E-state index in [0.29, 0.717) is 25.0 Å². The highest BCUT2D eigenvalue weighted by atomic mass is 16.5. The number of hydrogen-bond acceptors (Lipinski definition) is 6. The van der Waals surface area contributed by atoms with E-state index in [1.807, 2.05) is 87.4 Å². The van der Waals surface area contributed by atoms with Gasteiger partial charge in [0.25, 0.3) is 0 Å². The van der Waals surface area contributed by atoms with Gasteiger partial charge in [-0.3, -0.25) is 24.1 Å². The van der Waals surface area contributed by atoms with Crippen LogP contribution in [0.3, 0.4) is 0 Å². The molecule has 2 aromatic rings. The first-order chi connectivity index (χ1) is 22.0. The number of ether oxygens (including phenoxy) is 1. The van der Waals surface area contributed by atoms with Crippen LogP contribution < -0.4 is 20.7 Å². The second kappa shape index (κ2) is 15.9. The van der Waals surface area contributed by atoms with E-state index in [-0.39, 0.29) is 42.5 Å². The van der Waals surface area contributed by atoms with Crippen LogP contribution in [0.1, 0.15) is 58.1 Å². The number of benzene rings is 2. The van der Waals surface area contributed by atoms with Crippen LogP contribution in [0.15, 0.2) is 60.8 Å². The average Bonchev–Trinajstić information content (AvgIpc) is 3.45. The second-order valence-electron chi connectivity index (χ2n) is 13.1. The Morgan fingerprint density at radius 1 is 1.02 bits per heavy atom. The zero-order valence-corrected chi connectivity index (χ0v) is 27.9. The Morgan fingerprint density at radius 3 is 2.35 bits per heavy atom. The molecule has 2 aromatic carbocycles. The van der Waals surface area contributed by atoms with Crippen LogP contribution in [0.4, 0.5) is 0 Å². The summed E-state index contributed by atoms with van der Waals surface area (Å²) >= 11 is 0. The molecular weight excluding hydrogens is 582 g/mol. The molecule has 1 fully saturated rings. The second-order valence-corrected chi connectivity index (χ2v) is 13.1. The maximum atomic E-state index is 14.5. The number of hydrogen-bond donors (Lipinski definition) is 3. The Hall–Kier alpha value is -4.18. The monoisotopic (exact) mass is 631 g/mol. The molecule has 10 heteroatoms. The first kappa shape index (κ1) is 34.7. The number of likely N-dealkylation sites (tertiary alicyclic amines) is 1. The molecule has 3 aliphatic heterocycles. The van der Waals surface area contributed by atoms with Gasteiger partial charge in [0.05, 0.1) is 6.04 Å². The Morgan fingerprint density at radius 2 is 1.72 bits per heavy atom. The number of fused-ring (bicyclic) bond motifs is 7. The van der Waals surface area contributed by atoms with Gasteiger partial charge in [-0.15, -0.1) is 0 Å². The van der Waals surface area contributed by atoms with Crippen molar-refractivity contribution in [3.63, 3.8) is 0 Å². The molecule has 6 atom stereocenters. The first-order valence-electron chi connectivity index (χ1n) is 16.3. The fourth-order valence-electron chi connectivity index (χ4n) is 6.04. The molecule has 1 saturated heterocycles. The van der Waals surface area contributed by atoms with Gasteiger partial charge in [-0.25, -0.2) is 0 Å². The van der Waals surface area contributed by atoms with Crippen molar-refractivity contribution in [2.45, 2.75) is 83.6 Å². The zero-order chi connectivity index (χ0) is 33.4. The molecule has 0 spiro atoms. The highest BCUT2D eigenvalue weighted by Gasteiger charge is 2.46. The molecule has 0 saturated carbocycles. The van der Waals surface area contributed by atoms with Crippen LogP contribution in [0, 0.1) is 11.8 Å². The molecule has 3 heterocycles. The van der Waals surface area contributed by atoms with Crippen molar-refractivity contribution in [3.8, 4) is 5.75 Å². The molecule has 4 amide bonds. The highest BCUT2D eigenvalue weighted by Crippen LogP contribution is 2.27. The third-order valence-corrected chi connectivity index (χ3v) is 8.87. The maximum Gasteiger partial charge on any atom is 0.247 e. The number of nitrogens with one attached hydrogen (secondary N) is 3. The quantitative estimate of drug-likeness (QED) is 0.370. The van der Waals surface area contributed by atoms with Crippen LogP contribution in [0.25, 0.3) is 6.08 Å². The summed E-state index contributed by atoms with van der Waals surface area (Å²) in [6.45, 7) is 8.24. The van der Waals surface area contributed by atoms with E-state index >= 15 is 0 Å². The summed E-state index contributed by atoms with van der Waals surface area (Å²) < 4.78 is 6.36. The molecule has 0 aliphatic carbocycles. The maximum absolute atomic E-state index is 14.5. The SMILES string of the molecule is CCC(C)[C@@H]1NC(=O)[C@@H]2C(CCN2C(=O)[C@H](Cc2ccccc2)NC(=O)[C@H](CC(C)C)N(C)C)Oc2ccc(cc2)/C=C/NC1=O. The van der Waals surface area contributed by atoms with E-state index < -0.39 is 36.2 Å². The molecule has 46 heavy (non-hydrogen) atoms. The van der Waals surface area contributed by atoms with E-state index in [1.54, 1.807) is 12.3 Å². The van der Waals surface area contributed by atoms with Crippen LogP contribution in [-0.4, -0.2) is 84.3 Å². The molecule has 248 valence electrons. The number of carbonyl (C=O) groups is 4. The Balaban J connectivity index is 1.69. The predicted octanol–water partition coefficient (Wildman–Crippen LogP) is 3.37. The number of amides is 4. The number of carbonyl (C=O) groups excluding carboxylic acids is 4. The molecule has 2 bridgehead atoms. The van der Waals surface area contributed by atoms with Crippen molar-refractivity contribution in [2.24, 2.45) is 11.8 Å². The molecule has 0 aromatic heterocycles. The summed E-state index contributed by atoms with van der Waals surface area (Å²) in [5.74, 6) is -0.731. The normalized spacial score (nSPS) is 22.6. The smallest absolute Gasteiger partial charge is 0.247 e. The van der Waals surface area contributed by atoms with Crippen LogP contribution >= 0.6 is 0 Å². The number of nitrogens with zero attached hydrogens (tertiary/aromatic N) is 2. The molecular formula is C36H49N5O5. The van der Waals surface area contributed by atoms with Crippen molar-refractivity contribution in [1.29, 1.82) is 0 Å². The lowest BCUT2D eigenvalue weighted by molar-refractivity contribution is -0.144. The van der Waals surface area contributed by atoms with Gasteiger partial charge in [0.15, 0.2) is 0 Å². The van der Waals surface area contributed by atoms with Crippen molar-refractivity contribution >= 4 is 29.7 Å². The molecule has 3 aliphatic rings. The van der Waals surface area contributed by atoms with Crippen LogP contribution in [0.5, 0.6) is 5.75 Å². The summed E-state index contributed by atoms with van der Waals surface area (Å²) in [4.78, 5) is 59.0. The Labute approximate surface area is 272 Å². The van der Waals surface area contributed by atoms with Gasteiger partial charge in [0, 0.05) is 25.6 Å². The number of rotatable bonds is 10. The summed E-state index contributed by atoms with van der Waals surface area (Å²) in [5, 5.41) is 8.80. The van der Waals surface area contributed by atoms with E-state index in [1.165, 1.54) is 4.90 Å². The summed E-state index contributed by atoms with van der Waals surface area (Å²) in [6, 6.07) is 13.7. The first-order valence-corrected chi connectivity index (χ1v) is 16.3. The minimum absolute atomic E-state index is 0.164. The number of likely N-dealkylation sites (N-methyl/N-ethyl adjacent to an activating group) is 1. The van der Waals surface area contributed by atoms with E-state index in [9.17, 15) is 19.2 Å². The fraction of sp³-hybridized carbons (Fsp3) is 0.500. The highest BCUT2D eigenvalue weighted by molar-refractivity contribution is 5.96. The van der Waals surface area contributed by atoms with Crippen LogP contribution in [0.2, 0.25) is 0 Å². The Bertz CT molecular complexity index is 1380. The van der Waals surface area contributed by atoms with Crippen molar-refractivity contribution < 1.29 is 23.9 Å². The molecule has 0 radical (unpaired) electrons. The lowest BCUT2D eigenvalue weighted by Crippen LogP contribution is -2.60. The van der Waals surface area contributed by atoms with E-state index in [0.717, 1.165) is 11.1 Å². The van der Waals surface area contributed by atoms with E-state index in [2.05, 4.69) is 29.8 Å². The summed E-state index contributed by atoms with van der Waals surface area (Å²) in [5.41, 5.74) is 1.76. The van der Waals surface area contributed by atoms with Gasteiger partial charge in [0.2, 0.25) is 23.6 Å². The van der Waals surface area contributed by atoms with Gasteiger partial charge in [0.1, 0.15) is 30.0 Å². The molecule has 2 unspecified atom stereocenters. The summed E-state index contributed by atoms with van der Waals surface area (Å²) in [6.07, 6.45) is 4.65. The lowest BCUT2D eigenvalue weighted by Gasteiger charge is -2.33. The van der Waals surface area contributed by atoms with Crippen LogP contribution in [-0.2, 0) is 25.6 Å². The van der Waals surface area contributed by atoms with Gasteiger partial charge < -0.3 is 25.6 Å². The Kier molecular flexibility index (Phi) is 12.0. The summed E-state index contributed by atoms with van der Waals surface area (Å²) in [7, 11) is 3.71. The fourth-order valence-corrected chi connectivity index (χ4v) is 6.04. The van der Waals surface area contributed by atoms with Gasteiger partial charge >= 0.3 is 0 Å². The van der Waals surface area contributed by atoms with Crippen molar-refractivity contribution in [1.82, 2.24) is 25.8 Å². The standard InChI is InChI=1S/C36H49N5O5/c1-7-24(4)31-34(43)37-19-17-25-13-15-27(16-14-25)46-30-18-20-41(32(30)35(44)39-31)36(45)28(22-26-11-9-8-10-12-26)38-33(42)29(40(5)6)21-23(2)3/h8-17,19,23-24,28-32H,7,18,20-22H2,1-6H3,(H,37,43)(H,38,42)(H,39,44)/b19-17+/t24?,28-,29-,30?,31-,32-/m0/s1. The molecule has 10 nitrogen and oxygen atoms in total. The van der Waals surface area contributed by atoms with Gasteiger partial charge in [-0.05, 0) is 61.7 Å². The zero-order valence-electron chi connectivity index (χ0n) is 27.9. The molecule has 3 N–H and O–H groups in total. The van der Waals surface area contributed by atoms with Crippen molar-refractivity contribution in [2.75, 3.05) is 20.6 Å². The largest absolute Gasteiger partial charge is 0.488 e. The topological polar surface area (TPSA) is 120 Å².